The van der Waals surface area contributed by atoms with Crippen molar-refractivity contribution < 1.29 is 5.11 Å². The lowest BCUT2D eigenvalue weighted by Gasteiger charge is -2.32. The summed E-state index contributed by atoms with van der Waals surface area (Å²) in [7, 11) is 0. The van der Waals surface area contributed by atoms with Crippen LogP contribution in [0.2, 0.25) is 0 Å². The van der Waals surface area contributed by atoms with Gasteiger partial charge >= 0.3 is 0 Å². The van der Waals surface area contributed by atoms with Crippen molar-refractivity contribution >= 4 is 11.8 Å². The Morgan fingerprint density at radius 1 is 1.24 bits per heavy atom. The fraction of sp³-hybridized carbons (Fsp3) is 0.667. The first-order chi connectivity index (χ1) is 10.1. The lowest BCUT2D eigenvalue weighted by molar-refractivity contribution is 0.146. The molecule has 0 aliphatic heterocycles. The topological polar surface area (TPSA) is 32.3 Å². The van der Waals surface area contributed by atoms with Crippen LogP contribution in [0.25, 0.3) is 0 Å². The minimum atomic E-state index is -0.0851. The number of aliphatic hydroxyl groups is 1. The summed E-state index contributed by atoms with van der Waals surface area (Å²) < 4.78 is 0. The molecule has 0 fully saturated rings. The van der Waals surface area contributed by atoms with Gasteiger partial charge < -0.3 is 10.4 Å². The number of thioether (sulfide) groups is 1. The highest BCUT2D eigenvalue weighted by Crippen LogP contribution is 2.26. The van der Waals surface area contributed by atoms with E-state index in [0.717, 1.165) is 38.0 Å². The van der Waals surface area contributed by atoms with Crippen LogP contribution in [0.4, 0.5) is 0 Å². The van der Waals surface area contributed by atoms with Gasteiger partial charge in [0.15, 0.2) is 0 Å². The van der Waals surface area contributed by atoms with Gasteiger partial charge in [0.1, 0.15) is 0 Å². The van der Waals surface area contributed by atoms with E-state index < -0.39 is 0 Å². The predicted molar refractivity (Wildman–Crippen MR) is 94.3 cm³/mol. The maximum absolute atomic E-state index is 9.73. The van der Waals surface area contributed by atoms with E-state index in [0.29, 0.717) is 0 Å². The largest absolute Gasteiger partial charge is 0.394 e. The van der Waals surface area contributed by atoms with Crippen LogP contribution in [0.5, 0.6) is 0 Å². The molecule has 2 nitrogen and oxygen atoms in total. The van der Waals surface area contributed by atoms with Gasteiger partial charge in [-0.2, -0.15) is 0 Å². The number of aryl methyl sites for hydroxylation is 2. The standard InChI is InChI=1S/C18H31NOS/c1-5-11-19-18(6-2,14-20)10-7-12-21-17-13-15(3)8-9-16(17)4/h8-9,13,19-20H,5-7,10-12,14H2,1-4H3. The lowest BCUT2D eigenvalue weighted by atomic mass is 9.91. The van der Waals surface area contributed by atoms with Crippen LogP contribution < -0.4 is 5.32 Å². The van der Waals surface area contributed by atoms with E-state index in [4.69, 9.17) is 0 Å². The van der Waals surface area contributed by atoms with Gasteiger partial charge in [-0.25, -0.2) is 0 Å². The van der Waals surface area contributed by atoms with E-state index in [9.17, 15) is 5.11 Å². The second-order valence-electron chi connectivity index (χ2n) is 5.94. The van der Waals surface area contributed by atoms with Gasteiger partial charge in [-0.05, 0) is 63.5 Å². The Balaban J connectivity index is 2.45. The van der Waals surface area contributed by atoms with Crippen molar-refractivity contribution in [2.75, 3.05) is 18.9 Å². The van der Waals surface area contributed by atoms with Crippen LogP contribution in [0.1, 0.15) is 50.7 Å². The van der Waals surface area contributed by atoms with Gasteiger partial charge in [0.05, 0.1) is 6.61 Å². The minimum absolute atomic E-state index is 0.0851. The maximum atomic E-state index is 9.73. The van der Waals surface area contributed by atoms with Gasteiger partial charge in [-0.1, -0.05) is 31.5 Å². The molecule has 1 atom stereocenters. The van der Waals surface area contributed by atoms with Crippen molar-refractivity contribution in [3.05, 3.63) is 29.3 Å². The number of hydrogen-bond acceptors (Lipinski definition) is 3. The fourth-order valence-electron chi connectivity index (χ4n) is 2.48. The number of benzene rings is 1. The highest BCUT2D eigenvalue weighted by Gasteiger charge is 2.25. The third-order valence-corrected chi connectivity index (χ3v) is 5.37. The summed E-state index contributed by atoms with van der Waals surface area (Å²) in [4.78, 5) is 1.39. The van der Waals surface area contributed by atoms with Crippen molar-refractivity contribution in [2.24, 2.45) is 0 Å². The summed E-state index contributed by atoms with van der Waals surface area (Å²) in [5.74, 6) is 1.11. The Morgan fingerprint density at radius 3 is 2.62 bits per heavy atom. The van der Waals surface area contributed by atoms with E-state index in [1.165, 1.54) is 16.0 Å². The monoisotopic (exact) mass is 309 g/mol. The number of rotatable bonds is 10. The number of aliphatic hydroxyl groups excluding tert-OH is 1. The molecule has 0 heterocycles. The number of nitrogens with one attached hydrogen (secondary N) is 1. The van der Waals surface area contributed by atoms with Crippen molar-refractivity contribution in [1.82, 2.24) is 5.32 Å². The summed E-state index contributed by atoms with van der Waals surface area (Å²) >= 11 is 1.94. The van der Waals surface area contributed by atoms with E-state index in [2.05, 4.69) is 51.2 Å². The van der Waals surface area contributed by atoms with E-state index >= 15 is 0 Å². The summed E-state index contributed by atoms with van der Waals surface area (Å²) in [5, 5.41) is 13.3. The van der Waals surface area contributed by atoms with E-state index in [1.807, 2.05) is 11.8 Å². The Kier molecular flexibility index (Phi) is 8.38. The van der Waals surface area contributed by atoms with Crippen LogP contribution in [0, 0.1) is 13.8 Å². The lowest BCUT2D eigenvalue weighted by Crippen LogP contribution is -2.48. The summed E-state index contributed by atoms with van der Waals surface area (Å²) in [5.41, 5.74) is 2.60. The normalized spacial score (nSPS) is 14.1. The van der Waals surface area contributed by atoms with Crippen LogP contribution in [-0.2, 0) is 0 Å². The molecule has 0 amide bonds. The quantitative estimate of drug-likeness (QED) is 0.499. The van der Waals surface area contributed by atoms with Crippen molar-refractivity contribution in [3.63, 3.8) is 0 Å². The molecule has 0 saturated heterocycles. The molecule has 0 bridgehead atoms. The molecule has 1 aromatic carbocycles. The molecule has 3 heteroatoms. The zero-order chi connectivity index (χ0) is 15.7. The average molecular weight is 310 g/mol. The molecule has 120 valence electrons. The molecule has 21 heavy (non-hydrogen) atoms. The predicted octanol–water partition coefficient (Wildman–Crippen LogP) is 4.32. The molecule has 1 aromatic rings. The molecule has 0 radical (unpaired) electrons. The third kappa shape index (κ3) is 6.01. The van der Waals surface area contributed by atoms with Gasteiger partial charge in [-0.3, -0.25) is 0 Å². The average Bonchev–Trinajstić information content (AvgIpc) is 2.50. The smallest absolute Gasteiger partial charge is 0.0613 e. The van der Waals surface area contributed by atoms with Crippen molar-refractivity contribution in [1.29, 1.82) is 0 Å². The molecule has 1 rings (SSSR count). The second kappa shape index (κ2) is 9.50. The van der Waals surface area contributed by atoms with Gasteiger partial charge in [0, 0.05) is 10.4 Å². The molecule has 2 N–H and O–H groups in total. The molecule has 0 spiro atoms. The highest BCUT2D eigenvalue weighted by atomic mass is 32.2. The first kappa shape index (κ1) is 18.5. The molecular weight excluding hydrogens is 278 g/mol. The van der Waals surface area contributed by atoms with Crippen LogP contribution >= 0.6 is 11.8 Å². The summed E-state index contributed by atoms with van der Waals surface area (Å²) in [6, 6.07) is 6.64. The Hall–Kier alpha value is -0.510. The highest BCUT2D eigenvalue weighted by molar-refractivity contribution is 7.99. The second-order valence-corrected chi connectivity index (χ2v) is 7.08. The molecule has 0 saturated carbocycles. The fourth-order valence-corrected chi connectivity index (χ4v) is 3.56. The Morgan fingerprint density at radius 2 is 2.00 bits per heavy atom. The molecule has 0 aliphatic carbocycles. The molecule has 0 aliphatic rings. The van der Waals surface area contributed by atoms with Crippen LogP contribution in [0.15, 0.2) is 23.1 Å². The van der Waals surface area contributed by atoms with Crippen LogP contribution in [-0.4, -0.2) is 29.5 Å². The zero-order valence-electron chi connectivity index (χ0n) is 14.0. The van der Waals surface area contributed by atoms with Gasteiger partial charge in [0.25, 0.3) is 0 Å². The Labute approximate surface area is 134 Å². The Bertz CT molecular complexity index is 416. The van der Waals surface area contributed by atoms with E-state index in [1.54, 1.807) is 0 Å². The summed E-state index contributed by atoms with van der Waals surface area (Å²) in [6.07, 6.45) is 4.26. The minimum Gasteiger partial charge on any atom is -0.394 e. The molecular formula is C18H31NOS. The first-order valence-corrected chi connectivity index (χ1v) is 9.11. The van der Waals surface area contributed by atoms with Crippen LogP contribution in [0.3, 0.4) is 0 Å². The van der Waals surface area contributed by atoms with E-state index in [-0.39, 0.29) is 12.1 Å². The molecule has 1 unspecified atom stereocenters. The maximum Gasteiger partial charge on any atom is 0.0613 e. The first-order valence-electron chi connectivity index (χ1n) is 8.13. The van der Waals surface area contributed by atoms with Crippen molar-refractivity contribution in [2.45, 2.75) is 63.8 Å². The van der Waals surface area contributed by atoms with Gasteiger partial charge in [-0.15, -0.1) is 11.8 Å². The molecule has 0 aromatic heterocycles. The van der Waals surface area contributed by atoms with Crippen molar-refractivity contribution in [3.8, 4) is 0 Å². The number of hydrogen-bond donors (Lipinski definition) is 2. The zero-order valence-corrected chi connectivity index (χ0v) is 14.9. The van der Waals surface area contributed by atoms with Gasteiger partial charge in [0.2, 0.25) is 0 Å². The summed E-state index contributed by atoms with van der Waals surface area (Å²) in [6.45, 7) is 9.87. The SMILES string of the molecule is CCCNC(CC)(CO)CCCSc1cc(C)ccc1C. The third-order valence-electron chi connectivity index (χ3n) is 4.13.